The Bertz CT molecular complexity index is 955. The van der Waals surface area contributed by atoms with E-state index in [4.69, 9.17) is 4.74 Å². The van der Waals surface area contributed by atoms with Gasteiger partial charge in [-0.1, -0.05) is 68.4 Å². The molecule has 1 aliphatic rings. The number of aliphatic hydroxyl groups excluding tert-OH is 1. The summed E-state index contributed by atoms with van der Waals surface area (Å²) < 4.78 is 7.32. The Morgan fingerprint density at radius 3 is 2.64 bits per heavy atom. The van der Waals surface area contributed by atoms with Crippen LogP contribution >= 0.6 is 0 Å². The van der Waals surface area contributed by atoms with Crippen molar-refractivity contribution < 1.29 is 9.84 Å². The SMILES string of the molecule is CC(C)(C)c1ccc(C(O)c2cn(Cc3ccc4c(c3)COCC4)nn2)cc1. The van der Waals surface area contributed by atoms with Crippen LogP contribution in [-0.2, 0) is 29.7 Å². The Morgan fingerprint density at radius 1 is 1.11 bits per heavy atom. The summed E-state index contributed by atoms with van der Waals surface area (Å²) in [6, 6.07) is 14.6. The van der Waals surface area contributed by atoms with E-state index in [0.717, 1.165) is 24.2 Å². The van der Waals surface area contributed by atoms with Gasteiger partial charge in [0.15, 0.2) is 0 Å². The lowest BCUT2D eigenvalue weighted by Gasteiger charge is -2.19. The van der Waals surface area contributed by atoms with Gasteiger partial charge in [-0.2, -0.15) is 0 Å². The molecule has 146 valence electrons. The zero-order chi connectivity index (χ0) is 19.7. The minimum Gasteiger partial charge on any atom is -0.382 e. The minimum atomic E-state index is -0.778. The third kappa shape index (κ3) is 4.01. The van der Waals surface area contributed by atoms with E-state index in [2.05, 4.69) is 61.4 Å². The summed E-state index contributed by atoms with van der Waals surface area (Å²) in [7, 11) is 0. The first-order chi connectivity index (χ1) is 13.4. The second-order valence-electron chi connectivity index (χ2n) is 8.52. The second kappa shape index (κ2) is 7.49. The van der Waals surface area contributed by atoms with Crippen molar-refractivity contribution in [3.8, 4) is 0 Å². The molecule has 0 saturated carbocycles. The predicted octanol–water partition coefficient (Wildman–Crippen LogP) is 3.78. The third-order valence-electron chi connectivity index (χ3n) is 5.32. The van der Waals surface area contributed by atoms with Gasteiger partial charge in [0, 0.05) is 0 Å². The number of aliphatic hydroxyl groups is 1. The number of aromatic nitrogens is 3. The molecule has 2 aromatic carbocycles. The summed E-state index contributed by atoms with van der Waals surface area (Å²) >= 11 is 0. The maximum Gasteiger partial charge on any atom is 0.124 e. The van der Waals surface area contributed by atoms with Gasteiger partial charge in [-0.15, -0.1) is 5.10 Å². The Kier molecular flexibility index (Phi) is 5.04. The van der Waals surface area contributed by atoms with E-state index < -0.39 is 6.10 Å². The average Bonchev–Trinajstić information content (AvgIpc) is 3.15. The van der Waals surface area contributed by atoms with E-state index in [1.165, 1.54) is 16.7 Å². The molecule has 0 spiro atoms. The molecule has 1 N–H and O–H groups in total. The largest absolute Gasteiger partial charge is 0.382 e. The van der Waals surface area contributed by atoms with Crippen LogP contribution in [0.25, 0.3) is 0 Å². The molecule has 3 aromatic rings. The lowest BCUT2D eigenvalue weighted by Crippen LogP contribution is -2.11. The van der Waals surface area contributed by atoms with E-state index >= 15 is 0 Å². The average molecular weight is 377 g/mol. The highest BCUT2D eigenvalue weighted by Crippen LogP contribution is 2.26. The van der Waals surface area contributed by atoms with Crippen LogP contribution in [0.4, 0.5) is 0 Å². The molecule has 0 aliphatic carbocycles. The van der Waals surface area contributed by atoms with E-state index in [-0.39, 0.29) is 5.41 Å². The summed E-state index contributed by atoms with van der Waals surface area (Å²) in [5.41, 5.74) is 6.49. The first-order valence-electron chi connectivity index (χ1n) is 9.77. The van der Waals surface area contributed by atoms with Crippen molar-refractivity contribution in [1.29, 1.82) is 0 Å². The van der Waals surface area contributed by atoms with Crippen molar-refractivity contribution in [2.45, 2.75) is 51.9 Å². The summed E-state index contributed by atoms with van der Waals surface area (Å²) in [6.45, 7) is 8.63. The molecule has 1 unspecified atom stereocenters. The zero-order valence-corrected chi connectivity index (χ0v) is 16.7. The van der Waals surface area contributed by atoms with Crippen molar-refractivity contribution in [1.82, 2.24) is 15.0 Å². The van der Waals surface area contributed by atoms with Crippen molar-refractivity contribution in [2.75, 3.05) is 6.61 Å². The van der Waals surface area contributed by atoms with Crippen molar-refractivity contribution in [3.05, 3.63) is 82.2 Å². The molecule has 1 aromatic heterocycles. The molecule has 0 saturated heterocycles. The van der Waals surface area contributed by atoms with Crippen LogP contribution in [-0.4, -0.2) is 26.7 Å². The number of fused-ring (bicyclic) bond motifs is 1. The van der Waals surface area contributed by atoms with E-state index in [1.54, 1.807) is 4.68 Å². The number of rotatable bonds is 4. The molecule has 0 fully saturated rings. The van der Waals surface area contributed by atoms with Gasteiger partial charge >= 0.3 is 0 Å². The van der Waals surface area contributed by atoms with Crippen LogP contribution in [0.1, 0.15) is 60.4 Å². The van der Waals surface area contributed by atoms with Crippen LogP contribution in [0, 0.1) is 0 Å². The van der Waals surface area contributed by atoms with Crippen LogP contribution in [0.15, 0.2) is 48.7 Å². The number of hydrogen-bond acceptors (Lipinski definition) is 4. The Hall–Kier alpha value is -2.50. The highest BCUT2D eigenvalue weighted by Gasteiger charge is 2.18. The van der Waals surface area contributed by atoms with Crippen molar-refractivity contribution >= 4 is 0 Å². The number of hydrogen-bond donors (Lipinski definition) is 1. The molecule has 5 nitrogen and oxygen atoms in total. The van der Waals surface area contributed by atoms with E-state index in [1.807, 2.05) is 18.3 Å². The van der Waals surface area contributed by atoms with Gasteiger partial charge in [0.25, 0.3) is 0 Å². The zero-order valence-electron chi connectivity index (χ0n) is 16.7. The quantitative estimate of drug-likeness (QED) is 0.752. The van der Waals surface area contributed by atoms with Gasteiger partial charge in [0.2, 0.25) is 0 Å². The van der Waals surface area contributed by atoms with Gasteiger partial charge in [-0.25, -0.2) is 4.68 Å². The Morgan fingerprint density at radius 2 is 1.89 bits per heavy atom. The molecule has 5 heteroatoms. The van der Waals surface area contributed by atoms with Crippen LogP contribution in [0.2, 0.25) is 0 Å². The molecular formula is C23H27N3O2. The first kappa shape index (κ1) is 18.8. The summed E-state index contributed by atoms with van der Waals surface area (Å²) in [6.07, 6.45) is 2.02. The predicted molar refractivity (Wildman–Crippen MR) is 108 cm³/mol. The molecule has 0 amide bonds. The number of benzene rings is 2. The van der Waals surface area contributed by atoms with Crippen LogP contribution < -0.4 is 0 Å². The molecule has 4 rings (SSSR count). The fraction of sp³-hybridized carbons (Fsp3) is 0.391. The fourth-order valence-corrected chi connectivity index (χ4v) is 3.56. The van der Waals surface area contributed by atoms with Gasteiger partial charge < -0.3 is 9.84 Å². The molecule has 28 heavy (non-hydrogen) atoms. The highest BCUT2D eigenvalue weighted by molar-refractivity contribution is 5.33. The van der Waals surface area contributed by atoms with Gasteiger partial charge in [0.1, 0.15) is 11.8 Å². The molecule has 0 radical (unpaired) electrons. The molecule has 2 heterocycles. The smallest absolute Gasteiger partial charge is 0.124 e. The fourth-order valence-electron chi connectivity index (χ4n) is 3.56. The molecule has 1 atom stereocenters. The van der Waals surface area contributed by atoms with E-state index in [0.29, 0.717) is 18.8 Å². The topological polar surface area (TPSA) is 60.2 Å². The standard InChI is InChI=1S/C23H27N3O2/c1-23(2,3)20-8-6-18(7-9-20)22(27)21-14-26(25-24-21)13-16-4-5-17-10-11-28-15-19(17)12-16/h4-9,12,14,22,27H,10-11,13,15H2,1-3H3. The molecule has 0 bridgehead atoms. The minimum absolute atomic E-state index is 0.0898. The normalized spacial score (nSPS) is 15.3. The van der Waals surface area contributed by atoms with Gasteiger partial charge in [-0.05, 0) is 39.7 Å². The van der Waals surface area contributed by atoms with Crippen molar-refractivity contribution in [2.24, 2.45) is 0 Å². The lowest BCUT2D eigenvalue weighted by atomic mass is 9.86. The molecular weight excluding hydrogens is 350 g/mol. The Labute approximate surface area is 166 Å². The summed E-state index contributed by atoms with van der Waals surface area (Å²) in [4.78, 5) is 0. The van der Waals surface area contributed by atoms with Crippen molar-refractivity contribution in [3.63, 3.8) is 0 Å². The molecule has 1 aliphatic heterocycles. The Balaban J connectivity index is 1.48. The van der Waals surface area contributed by atoms with E-state index in [9.17, 15) is 5.11 Å². The summed E-state index contributed by atoms with van der Waals surface area (Å²) in [5, 5.41) is 19.1. The summed E-state index contributed by atoms with van der Waals surface area (Å²) in [5.74, 6) is 0. The number of ether oxygens (including phenoxy) is 1. The highest BCUT2D eigenvalue weighted by atomic mass is 16.5. The first-order valence-corrected chi connectivity index (χ1v) is 9.77. The lowest BCUT2D eigenvalue weighted by molar-refractivity contribution is 0.110. The number of nitrogens with zero attached hydrogens (tertiary/aromatic N) is 3. The second-order valence-corrected chi connectivity index (χ2v) is 8.52. The monoisotopic (exact) mass is 377 g/mol. The van der Waals surface area contributed by atoms with Gasteiger partial charge in [-0.3, -0.25) is 0 Å². The maximum atomic E-state index is 10.7. The van der Waals surface area contributed by atoms with Crippen LogP contribution in [0.3, 0.4) is 0 Å². The maximum absolute atomic E-state index is 10.7. The van der Waals surface area contributed by atoms with Gasteiger partial charge in [0.05, 0.1) is 26.0 Å². The third-order valence-corrected chi connectivity index (χ3v) is 5.32. The van der Waals surface area contributed by atoms with Crippen LogP contribution in [0.5, 0.6) is 0 Å².